The Bertz CT molecular complexity index is 335. The van der Waals surface area contributed by atoms with Crippen LogP contribution in [0.2, 0.25) is 0 Å². The lowest BCUT2D eigenvalue weighted by Crippen LogP contribution is -2.42. The van der Waals surface area contributed by atoms with Gasteiger partial charge in [0.25, 0.3) is 0 Å². The van der Waals surface area contributed by atoms with Gasteiger partial charge in [0.2, 0.25) is 0 Å². The molecule has 1 aromatic rings. The van der Waals surface area contributed by atoms with Gasteiger partial charge in [-0.2, -0.15) is 0 Å². The molecule has 1 aliphatic carbocycles. The Morgan fingerprint density at radius 3 is 2.29 bits per heavy atom. The van der Waals surface area contributed by atoms with Crippen LogP contribution < -0.4 is 5.32 Å². The van der Waals surface area contributed by atoms with Crippen molar-refractivity contribution >= 4 is 0 Å². The number of aliphatic hydroxyl groups is 1. The molecule has 1 aliphatic rings. The summed E-state index contributed by atoms with van der Waals surface area (Å²) in [5, 5.41) is 12.8. The Hall–Kier alpha value is -0.860. The number of benzene rings is 1. The summed E-state index contributed by atoms with van der Waals surface area (Å²) >= 11 is 0. The second-order valence-electron chi connectivity index (χ2n) is 5.29. The van der Waals surface area contributed by atoms with Crippen LogP contribution in [0.15, 0.2) is 24.3 Å². The van der Waals surface area contributed by atoms with Crippen molar-refractivity contribution in [1.29, 1.82) is 0 Å². The van der Waals surface area contributed by atoms with E-state index in [0.29, 0.717) is 6.61 Å². The van der Waals surface area contributed by atoms with Gasteiger partial charge in [0.1, 0.15) is 0 Å². The highest BCUT2D eigenvalue weighted by atomic mass is 16.3. The fourth-order valence-corrected chi connectivity index (χ4v) is 2.43. The first-order valence-corrected chi connectivity index (χ1v) is 6.67. The fraction of sp³-hybridized carbons (Fsp3) is 0.600. The molecule has 2 nitrogen and oxygen atoms in total. The SMILES string of the molecule is CCc1ccc(CNCC2(CO)CCC2)cc1. The van der Waals surface area contributed by atoms with Gasteiger partial charge >= 0.3 is 0 Å². The zero-order valence-electron chi connectivity index (χ0n) is 10.7. The first-order chi connectivity index (χ1) is 8.28. The number of aryl methyl sites for hydroxylation is 1. The average molecular weight is 233 g/mol. The topological polar surface area (TPSA) is 32.3 Å². The number of hydrogen-bond donors (Lipinski definition) is 2. The monoisotopic (exact) mass is 233 g/mol. The summed E-state index contributed by atoms with van der Waals surface area (Å²) in [5.41, 5.74) is 2.90. The van der Waals surface area contributed by atoms with Gasteiger partial charge < -0.3 is 10.4 Å². The third kappa shape index (κ3) is 3.08. The van der Waals surface area contributed by atoms with Crippen molar-refractivity contribution in [2.75, 3.05) is 13.2 Å². The zero-order valence-corrected chi connectivity index (χ0v) is 10.7. The summed E-state index contributed by atoms with van der Waals surface area (Å²) < 4.78 is 0. The first kappa shape index (κ1) is 12.6. The minimum absolute atomic E-state index is 0.184. The van der Waals surface area contributed by atoms with E-state index in [9.17, 15) is 5.11 Å². The van der Waals surface area contributed by atoms with Crippen molar-refractivity contribution in [1.82, 2.24) is 5.32 Å². The molecule has 0 radical (unpaired) electrons. The standard InChI is InChI=1S/C15H23NO/c1-2-13-4-6-14(7-5-13)10-16-11-15(12-17)8-3-9-15/h4-7,16-17H,2-3,8-12H2,1H3. The van der Waals surface area contributed by atoms with Crippen molar-refractivity contribution in [2.24, 2.45) is 5.41 Å². The van der Waals surface area contributed by atoms with Crippen LogP contribution >= 0.6 is 0 Å². The third-order valence-corrected chi connectivity index (χ3v) is 4.01. The third-order valence-electron chi connectivity index (χ3n) is 4.01. The number of nitrogens with one attached hydrogen (secondary N) is 1. The molecular formula is C15H23NO. The summed E-state index contributed by atoms with van der Waals surface area (Å²) in [6.07, 6.45) is 4.71. The molecule has 0 saturated heterocycles. The molecule has 1 saturated carbocycles. The summed E-state index contributed by atoms with van der Waals surface area (Å²) in [4.78, 5) is 0. The molecule has 94 valence electrons. The minimum atomic E-state index is 0.184. The van der Waals surface area contributed by atoms with Crippen LogP contribution in [0.3, 0.4) is 0 Å². The number of aliphatic hydroxyl groups excluding tert-OH is 1. The van der Waals surface area contributed by atoms with E-state index < -0.39 is 0 Å². The van der Waals surface area contributed by atoms with E-state index in [1.54, 1.807) is 0 Å². The van der Waals surface area contributed by atoms with Gasteiger partial charge in [0.05, 0.1) is 0 Å². The molecule has 2 rings (SSSR count). The van der Waals surface area contributed by atoms with E-state index in [2.05, 4.69) is 36.5 Å². The molecule has 2 N–H and O–H groups in total. The van der Waals surface area contributed by atoms with Crippen molar-refractivity contribution in [3.05, 3.63) is 35.4 Å². The average Bonchev–Trinajstić information content (AvgIpc) is 2.33. The van der Waals surface area contributed by atoms with Crippen molar-refractivity contribution < 1.29 is 5.11 Å². The highest BCUT2D eigenvalue weighted by Crippen LogP contribution is 2.39. The van der Waals surface area contributed by atoms with Gasteiger partial charge in [-0.25, -0.2) is 0 Å². The van der Waals surface area contributed by atoms with E-state index in [1.807, 2.05) is 0 Å². The molecule has 0 bridgehead atoms. The Kier molecular flexibility index (Phi) is 4.19. The fourth-order valence-electron chi connectivity index (χ4n) is 2.43. The molecule has 1 fully saturated rings. The van der Waals surface area contributed by atoms with E-state index in [0.717, 1.165) is 19.5 Å². The van der Waals surface area contributed by atoms with Gasteiger partial charge in [0.15, 0.2) is 0 Å². The molecule has 0 spiro atoms. The second-order valence-corrected chi connectivity index (χ2v) is 5.29. The van der Waals surface area contributed by atoms with Crippen LogP contribution in [0.25, 0.3) is 0 Å². The Morgan fingerprint density at radius 2 is 1.82 bits per heavy atom. The van der Waals surface area contributed by atoms with Crippen LogP contribution in [0.5, 0.6) is 0 Å². The quantitative estimate of drug-likeness (QED) is 0.791. The second kappa shape index (κ2) is 5.65. The predicted octanol–water partition coefficient (Wildman–Crippen LogP) is 2.50. The van der Waals surface area contributed by atoms with Crippen molar-refractivity contribution in [3.63, 3.8) is 0 Å². The molecule has 0 atom stereocenters. The van der Waals surface area contributed by atoms with Gasteiger partial charge in [-0.05, 0) is 30.4 Å². The van der Waals surface area contributed by atoms with E-state index in [1.165, 1.54) is 30.4 Å². The Labute approximate surface area is 104 Å². The number of rotatable bonds is 6. The minimum Gasteiger partial charge on any atom is -0.396 e. The molecule has 0 aliphatic heterocycles. The summed E-state index contributed by atoms with van der Waals surface area (Å²) in [7, 11) is 0. The van der Waals surface area contributed by atoms with E-state index in [4.69, 9.17) is 0 Å². The van der Waals surface area contributed by atoms with Gasteiger partial charge in [-0.3, -0.25) is 0 Å². The maximum absolute atomic E-state index is 9.36. The lowest BCUT2D eigenvalue weighted by atomic mass is 9.69. The largest absolute Gasteiger partial charge is 0.396 e. The zero-order chi connectivity index (χ0) is 12.1. The highest BCUT2D eigenvalue weighted by molar-refractivity contribution is 5.22. The normalized spacial score (nSPS) is 17.8. The van der Waals surface area contributed by atoms with Gasteiger partial charge in [0, 0.05) is 25.1 Å². The smallest absolute Gasteiger partial charge is 0.0499 e. The molecule has 2 heteroatoms. The van der Waals surface area contributed by atoms with E-state index >= 15 is 0 Å². The van der Waals surface area contributed by atoms with Crippen LogP contribution in [0, 0.1) is 5.41 Å². The lowest BCUT2D eigenvalue weighted by molar-refractivity contribution is 0.0445. The summed E-state index contributed by atoms with van der Waals surface area (Å²) in [5.74, 6) is 0. The Balaban J connectivity index is 1.77. The maximum atomic E-state index is 9.36. The molecule has 1 aromatic carbocycles. The number of hydrogen-bond acceptors (Lipinski definition) is 2. The molecule has 0 heterocycles. The molecule has 0 unspecified atom stereocenters. The molecule has 17 heavy (non-hydrogen) atoms. The van der Waals surface area contributed by atoms with E-state index in [-0.39, 0.29) is 5.41 Å². The summed E-state index contributed by atoms with van der Waals surface area (Å²) in [6.45, 7) is 4.36. The van der Waals surface area contributed by atoms with Gasteiger partial charge in [-0.15, -0.1) is 0 Å². The van der Waals surface area contributed by atoms with Gasteiger partial charge in [-0.1, -0.05) is 37.6 Å². The molecule has 0 amide bonds. The summed E-state index contributed by atoms with van der Waals surface area (Å²) in [6, 6.07) is 8.78. The van der Waals surface area contributed by atoms with Crippen LogP contribution in [-0.2, 0) is 13.0 Å². The maximum Gasteiger partial charge on any atom is 0.0499 e. The molecular weight excluding hydrogens is 210 g/mol. The predicted molar refractivity (Wildman–Crippen MR) is 70.9 cm³/mol. The lowest BCUT2D eigenvalue weighted by Gasteiger charge is -2.40. The first-order valence-electron chi connectivity index (χ1n) is 6.67. The Morgan fingerprint density at radius 1 is 1.18 bits per heavy atom. The highest BCUT2D eigenvalue weighted by Gasteiger charge is 2.35. The molecule has 0 aromatic heterocycles. The van der Waals surface area contributed by atoms with Crippen LogP contribution in [-0.4, -0.2) is 18.3 Å². The van der Waals surface area contributed by atoms with Crippen molar-refractivity contribution in [3.8, 4) is 0 Å². The van der Waals surface area contributed by atoms with Crippen LogP contribution in [0.1, 0.15) is 37.3 Å². The van der Waals surface area contributed by atoms with Crippen molar-refractivity contribution in [2.45, 2.75) is 39.2 Å². The van der Waals surface area contributed by atoms with Crippen LogP contribution in [0.4, 0.5) is 0 Å².